The molecule has 2 aromatic carbocycles. The van der Waals surface area contributed by atoms with Crippen LogP contribution in [0.25, 0.3) is 10.9 Å². The van der Waals surface area contributed by atoms with E-state index in [0.717, 1.165) is 35.0 Å². The normalized spacial score (nSPS) is 10.9. The van der Waals surface area contributed by atoms with Gasteiger partial charge in [-0.3, -0.25) is 4.79 Å². The number of carbonyl (C=O) groups excluding carboxylic acids is 1. The second kappa shape index (κ2) is 8.32. The Morgan fingerprint density at radius 2 is 1.97 bits per heavy atom. The fraction of sp³-hybridized carbons (Fsp3) is 0.130. The maximum atomic E-state index is 11.6. The molecular weight excluding hydrogens is 384 g/mol. The third-order valence-corrected chi connectivity index (χ3v) is 5.92. The number of carboxylic acids is 1. The highest BCUT2D eigenvalue weighted by atomic mass is 32.1. The van der Waals surface area contributed by atoms with Gasteiger partial charge in [0.05, 0.1) is 5.56 Å². The van der Waals surface area contributed by atoms with Gasteiger partial charge in [-0.25, -0.2) is 4.79 Å². The number of hydrogen-bond donors (Lipinski definition) is 1. The van der Waals surface area contributed by atoms with Gasteiger partial charge in [0.1, 0.15) is 0 Å². The van der Waals surface area contributed by atoms with Crippen LogP contribution in [-0.2, 0) is 17.8 Å². The van der Waals surface area contributed by atoms with Gasteiger partial charge in [0.25, 0.3) is 0 Å². The summed E-state index contributed by atoms with van der Waals surface area (Å²) >= 11 is 1.69. The van der Waals surface area contributed by atoms with Crippen molar-refractivity contribution >= 4 is 40.3 Å². The number of carbonyl (C=O) groups is 2. The number of rotatable bonds is 8. The van der Waals surface area contributed by atoms with E-state index in [1.807, 2.05) is 58.6 Å². The molecule has 4 rings (SSSR count). The van der Waals surface area contributed by atoms with Crippen LogP contribution in [0.15, 0.2) is 72.2 Å². The molecule has 146 valence electrons. The van der Waals surface area contributed by atoms with E-state index in [4.69, 9.17) is 0 Å². The lowest BCUT2D eigenvalue weighted by Gasteiger charge is -2.17. The van der Waals surface area contributed by atoms with Crippen molar-refractivity contribution in [2.24, 2.45) is 0 Å². The lowest BCUT2D eigenvalue weighted by molar-refractivity contribution is -0.107. The van der Waals surface area contributed by atoms with Crippen molar-refractivity contribution in [1.82, 2.24) is 4.57 Å². The van der Waals surface area contributed by atoms with Crippen LogP contribution in [-0.4, -0.2) is 28.6 Å². The maximum Gasteiger partial charge on any atom is 0.336 e. The molecule has 29 heavy (non-hydrogen) atoms. The average Bonchev–Trinajstić information content (AvgIpc) is 3.39. The lowest BCUT2D eigenvalue weighted by Crippen LogP contribution is -2.23. The summed E-state index contributed by atoms with van der Waals surface area (Å²) in [5.41, 5.74) is 2.92. The van der Waals surface area contributed by atoms with E-state index in [0.29, 0.717) is 18.7 Å². The Balaban J connectivity index is 1.57. The molecule has 4 aromatic rings. The van der Waals surface area contributed by atoms with E-state index >= 15 is 0 Å². The van der Waals surface area contributed by atoms with Crippen molar-refractivity contribution < 1.29 is 14.7 Å². The molecule has 0 atom stereocenters. The summed E-state index contributed by atoms with van der Waals surface area (Å²) in [7, 11) is 0. The number of carboxylic acid groups (broad SMARTS) is 1. The zero-order chi connectivity index (χ0) is 20.2. The molecule has 0 fully saturated rings. The molecule has 0 radical (unpaired) electrons. The van der Waals surface area contributed by atoms with Crippen molar-refractivity contribution in [3.63, 3.8) is 0 Å². The fourth-order valence-corrected chi connectivity index (χ4v) is 4.18. The minimum absolute atomic E-state index is 0.312. The Morgan fingerprint density at radius 1 is 1.10 bits per heavy atom. The topological polar surface area (TPSA) is 62.5 Å². The van der Waals surface area contributed by atoms with Crippen LogP contribution in [0.2, 0.25) is 0 Å². The molecule has 0 aliphatic carbocycles. The number of hydrogen-bond acceptors (Lipinski definition) is 3. The minimum atomic E-state index is -0.924. The molecule has 5 nitrogen and oxygen atoms in total. The first-order valence-electron chi connectivity index (χ1n) is 9.30. The standard InChI is InChI=1S/C23H20N2O3S/c26-16-25(12-10-20-5-3-13-29-20)19-7-8-22-17(14-19)9-11-24(22)15-18-4-1-2-6-21(18)23(27)28/h1-9,11,13-14,16H,10,12,15H2,(H,27,28). The molecule has 6 heteroatoms. The van der Waals surface area contributed by atoms with Crippen LogP contribution in [0.1, 0.15) is 20.8 Å². The number of nitrogens with zero attached hydrogens (tertiary/aromatic N) is 2. The van der Waals surface area contributed by atoms with Crippen LogP contribution in [0.4, 0.5) is 5.69 Å². The van der Waals surface area contributed by atoms with Gasteiger partial charge in [-0.15, -0.1) is 11.3 Å². The highest BCUT2D eigenvalue weighted by Crippen LogP contribution is 2.24. The Morgan fingerprint density at radius 3 is 2.72 bits per heavy atom. The first-order chi connectivity index (χ1) is 14.2. The molecule has 0 aliphatic heterocycles. The second-order valence-electron chi connectivity index (χ2n) is 6.78. The Hall–Kier alpha value is -3.38. The molecule has 0 aliphatic rings. The number of benzene rings is 2. The molecule has 2 aromatic heterocycles. The summed E-state index contributed by atoms with van der Waals surface area (Å²) < 4.78 is 2.03. The van der Waals surface area contributed by atoms with Crippen LogP contribution in [0.3, 0.4) is 0 Å². The van der Waals surface area contributed by atoms with Gasteiger partial charge in [-0.05, 0) is 53.8 Å². The molecule has 0 spiro atoms. The summed E-state index contributed by atoms with van der Waals surface area (Å²) in [5.74, 6) is -0.924. The first-order valence-corrected chi connectivity index (χ1v) is 10.2. The molecule has 0 saturated carbocycles. The summed E-state index contributed by atoms with van der Waals surface area (Å²) in [5, 5.41) is 12.5. The SMILES string of the molecule is O=CN(CCc1cccs1)c1ccc2c(ccn2Cc2ccccc2C(=O)O)c1. The highest BCUT2D eigenvalue weighted by Gasteiger charge is 2.12. The zero-order valence-corrected chi connectivity index (χ0v) is 16.5. The number of thiophene rings is 1. The number of aromatic carboxylic acids is 1. The van der Waals surface area contributed by atoms with Gasteiger partial charge in [-0.2, -0.15) is 0 Å². The van der Waals surface area contributed by atoms with Crippen molar-refractivity contribution in [2.75, 3.05) is 11.4 Å². The van der Waals surface area contributed by atoms with Gasteiger partial charge >= 0.3 is 5.97 Å². The molecule has 2 heterocycles. The van der Waals surface area contributed by atoms with E-state index in [2.05, 4.69) is 6.07 Å². The molecule has 0 saturated heterocycles. The summed E-state index contributed by atoms with van der Waals surface area (Å²) in [6.45, 7) is 1.10. The predicted molar refractivity (Wildman–Crippen MR) is 116 cm³/mol. The lowest BCUT2D eigenvalue weighted by atomic mass is 10.1. The van der Waals surface area contributed by atoms with Crippen molar-refractivity contribution in [1.29, 1.82) is 0 Å². The van der Waals surface area contributed by atoms with E-state index in [9.17, 15) is 14.7 Å². The Labute approximate surface area is 172 Å². The number of aromatic nitrogens is 1. The van der Waals surface area contributed by atoms with Gasteiger partial charge in [-0.1, -0.05) is 24.3 Å². The van der Waals surface area contributed by atoms with Crippen molar-refractivity contribution in [2.45, 2.75) is 13.0 Å². The molecule has 0 unspecified atom stereocenters. The summed E-state index contributed by atoms with van der Waals surface area (Å²) in [6.07, 6.45) is 3.64. The monoisotopic (exact) mass is 404 g/mol. The fourth-order valence-electron chi connectivity index (χ4n) is 3.48. The third kappa shape index (κ3) is 4.07. The van der Waals surface area contributed by atoms with Gasteiger partial charge in [0.2, 0.25) is 6.41 Å². The molecule has 0 bridgehead atoms. The maximum absolute atomic E-state index is 11.6. The third-order valence-electron chi connectivity index (χ3n) is 4.98. The van der Waals surface area contributed by atoms with Crippen LogP contribution >= 0.6 is 11.3 Å². The number of fused-ring (bicyclic) bond motifs is 1. The van der Waals surface area contributed by atoms with Crippen molar-refractivity contribution in [3.8, 4) is 0 Å². The van der Waals surface area contributed by atoms with Gasteiger partial charge in [0.15, 0.2) is 0 Å². The summed E-state index contributed by atoms with van der Waals surface area (Å²) in [4.78, 5) is 26.1. The van der Waals surface area contributed by atoms with Crippen LogP contribution in [0, 0.1) is 0 Å². The van der Waals surface area contributed by atoms with Crippen LogP contribution in [0.5, 0.6) is 0 Å². The molecule has 1 N–H and O–H groups in total. The van der Waals surface area contributed by atoms with E-state index < -0.39 is 5.97 Å². The van der Waals surface area contributed by atoms with Gasteiger partial charge in [0, 0.05) is 40.8 Å². The predicted octanol–water partition coefficient (Wildman–Crippen LogP) is 4.65. The Kier molecular flexibility index (Phi) is 5.44. The molecule has 1 amide bonds. The quantitative estimate of drug-likeness (QED) is 0.435. The average molecular weight is 404 g/mol. The van der Waals surface area contributed by atoms with E-state index in [-0.39, 0.29) is 0 Å². The zero-order valence-electron chi connectivity index (χ0n) is 15.7. The summed E-state index contributed by atoms with van der Waals surface area (Å²) in [6, 6.07) is 19.0. The Bertz CT molecular complexity index is 1150. The molecular formula is C23H20N2O3S. The number of amides is 1. The van der Waals surface area contributed by atoms with Crippen molar-refractivity contribution in [3.05, 3.63) is 88.2 Å². The van der Waals surface area contributed by atoms with E-state index in [1.54, 1.807) is 28.4 Å². The van der Waals surface area contributed by atoms with E-state index in [1.165, 1.54) is 4.88 Å². The minimum Gasteiger partial charge on any atom is -0.478 e. The highest BCUT2D eigenvalue weighted by molar-refractivity contribution is 7.09. The first kappa shape index (κ1) is 19.0. The number of anilines is 1. The second-order valence-corrected chi connectivity index (χ2v) is 7.81. The van der Waals surface area contributed by atoms with Crippen LogP contribution < -0.4 is 4.90 Å². The smallest absolute Gasteiger partial charge is 0.336 e. The largest absolute Gasteiger partial charge is 0.478 e. The van der Waals surface area contributed by atoms with Gasteiger partial charge < -0.3 is 14.6 Å².